The highest BCUT2D eigenvalue weighted by Crippen LogP contribution is 2.39. The van der Waals surface area contributed by atoms with Gasteiger partial charge in [-0.2, -0.15) is 0 Å². The van der Waals surface area contributed by atoms with Gasteiger partial charge < -0.3 is 14.2 Å². The molecule has 4 rings (SSSR count). The van der Waals surface area contributed by atoms with Crippen LogP contribution in [0.1, 0.15) is 17.7 Å². The van der Waals surface area contributed by atoms with Crippen LogP contribution in [-0.4, -0.2) is 18.6 Å². The molecule has 0 radical (unpaired) electrons. The summed E-state index contributed by atoms with van der Waals surface area (Å²) in [5, 5.41) is 1.21. The first kappa shape index (κ1) is 16.5. The van der Waals surface area contributed by atoms with Crippen molar-refractivity contribution in [2.24, 2.45) is 0 Å². The van der Waals surface area contributed by atoms with Crippen molar-refractivity contribution in [3.63, 3.8) is 0 Å². The second-order valence-corrected chi connectivity index (χ2v) is 7.11. The van der Waals surface area contributed by atoms with E-state index in [9.17, 15) is 0 Å². The van der Waals surface area contributed by atoms with Crippen LogP contribution in [0.3, 0.4) is 0 Å². The molecule has 0 bridgehead atoms. The van der Waals surface area contributed by atoms with Crippen molar-refractivity contribution in [3.05, 3.63) is 59.9 Å². The van der Waals surface area contributed by atoms with Gasteiger partial charge >= 0.3 is 0 Å². The van der Waals surface area contributed by atoms with Crippen LogP contribution in [0.2, 0.25) is 0 Å². The van der Waals surface area contributed by atoms with E-state index in [0.717, 1.165) is 28.7 Å². The van der Waals surface area contributed by atoms with Gasteiger partial charge in [-0.05, 0) is 36.8 Å². The van der Waals surface area contributed by atoms with E-state index in [1.807, 2.05) is 0 Å². The largest absolute Gasteiger partial charge is 0.460 e. The fourth-order valence-corrected chi connectivity index (χ4v) is 3.80. The number of rotatable bonds is 4. The number of anilines is 3. The molecule has 0 N–H and O–H groups in total. The maximum Gasteiger partial charge on any atom is 0.137 e. The van der Waals surface area contributed by atoms with E-state index >= 15 is 0 Å². The average molecular weight is 444 g/mol. The highest BCUT2D eigenvalue weighted by molar-refractivity contribution is 14.1. The zero-order valence-corrected chi connectivity index (χ0v) is 16.7. The molecule has 128 valence electrons. The Balaban J connectivity index is 1.82. The molecule has 3 aromatic rings. The standard InChI is InChI=1S/C21H21IN2O/c1-23(14-22)15-7-5-8-16(13-15)24(2)18-10-6-12-20-21(18)17-9-3-4-11-19(17)25-20/h3,5-10,12-13H,4,11,14H2,1-2H3. The van der Waals surface area contributed by atoms with E-state index in [-0.39, 0.29) is 0 Å². The Kier molecular flexibility index (Phi) is 4.46. The Hall–Kier alpha value is -1.95. The lowest BCUT2D eigenvalue weighted by atomic mass is 10.0. The van der Waals surface area contributed by atoms with Gasteiger partial charge in [0.15, 0.2) is 0 Å². The molecular formula is C21H21IN2O. The number of aryl methyl sites for hydroxylation is 1. The lowest BCUT2D eigenvalue weighted by Gasteiger charge is -2.23. The molecule has 0 unspecified atom stereocenters. The van der Waals surface area contributed by atoms with Crippen LogP contribution in [0.25, 0.3) is 17.0 Å². The van der Waals surface area contributed by atoms with E-state index in [1.165, 1.54) is 28.0 Å². The lowest BCUT2D eigenvalue weighted by Crippen LogP contribution is -2.15. The summed E-state index contributed by atoms with van der Waals surface area (Å²) in [6, 6.07) is 15.0. The van der Waals surface area contributed by atoms with Gasteiger partial charge in [0.1, 0.15) is 11.3 Å². The predicted octanol–water partition coefficient (Wildman–Crippen LogP) is 5.99. The first-order valence-electron chi connectivity index (χ1n) is 8.51. The van der Waals surface area contributed by atoms with Crippen LogP contribution < -0.4 is 9.80 Å². The molecule has 0 atom stereocenters. The highest BCUT2D eigenvalue weighted by Gasteiger charge is 2.19. The summed E-state index contributed by atoms with van der Waals surface area (Å²) in [4.78, 5) is 4.49. The first-order valence-corrected chi connectivity index (χ1v) is 10.0. The van der Waals surface area contributed by atoms with Gasteiger partial charge in [0.25, 0.3) is 0 Å². The molecular weight excluding hydrogens is 423 g/mol. The quantitative estimate of drug-likeness (QED) is 0.280. The molecule has 0 aliphatic heterocycles. The van der Waals surface area contributed by atoms with E-state index in [2.05, 4.69) is 101 Å². The predicted molar refractivity (Wildman–Crippen MR) is 115 cm³/mol. The Morgan fingerprint density at radius 3 is 2.72 bits per heavy atom. The number of nitrogens with zero attached hydrogens (tertiary/aromatic N) is 2. The molecule has 1 aliphatic rings. The molecule has 0 amide bonds. The Labute approximate surface area is 162 Å². The summed E-state index contributed by atoms with van der Waals surface area (Å²) < 4.78 is 7.07. The number of hydrogen-bond acceptors (Lipinski definition) is 3. The normalized spacial score (nSPS) is 13.1. The number of hydrogen-bond donors (Lipinski definition) is 0. The Bertz CT molecular complexity index is 944. The zero-order valence-electron chi connectivity index (χ0n) is 14.5. The molecule has 0 fully saturated rings. The highest BCUT2D eigenvalue weighted by atomic mass is 127. The molecule has 25 heavy (non-hydrogen) atoms. The number of furan rings is 1. The Morgan fingerprint density at radius 2 is 1.88 bits per heavy atom. The lowest BCUT2D eigenvalue weighted by molar-refractivity contribution is 0.546. The van der Waals surface area contributed by atoms with Gasteiger partial charge in [-0.15, -0.1) is 0 Å². The van der Waals surface area contributed by atoms with Crippen molar-refractivity contribution in [1.82, 2.24) is 0 Å². The van der Waals surface area contributed by atoms with Crippen molar-refractivity contribution in [2.45, 2.75) is 12.8 Å². The molecule has 0 saturated heterocycles. The van der Waals surface area contributed by atoms with Crippen molar-refractivity contribution in [2.75, 3.05) is 28.4 Å². The van der Waals surface area contributed by atoms with Gasteiger partial charge in [-0.3, -0.25) is 0 Å². The molecule has 0 saturated carbocycles. The molecule has 1 aromatic heterocycles. The monoisotopic (exact) mass is 444 g/mol. The van der Waals surface area contributed by atoms with Gasteiger partial charge in [0.2, 0.25) is 0 Å². The SMILES string of the molecule is CN(CI)c1cccc(N(C)c2cccc3oc4c(c23)C=CCC4)c1. The molecule has 1 heterocycles. The Morgan fingerprint density at radius 1 is 1.08 bits per heavy atom. The second kappa shape index (κ2) is 6.75. The molecule has 4 heteroatoms. The average Bonchev–Trinajstić information content (AvgIpc) is 3.05. The third-order valence-electron chi connectivity index (χ3n) is 4.83. The minimum absolute atomic E-state index is 0.959. The molecule has 3 nitrogen and oxygen atoms in total. The summed E-state index contributed by atoms with van der Waals surface area (Å²) in [5.74, 6) is 1.11. The maximum absolute atomic E-state index is 6.11. The van der Waals surface area contributed by atoms with Crippen LogP contribution >= 0.6 is 22.6 Å². The summed E-state index contributed by atoms with van der Waals surface area (Å²) in [6.45, 7) is 0. The van der Waals surface area contributed by atoms with E-state index in [1.54, 1.807) is 0 Å². The molecule has 0 spiro atoms. The molecule has 2 aromatic carbocycles. The fraction of sp³-hybridized carbons (Fsp3) is 0.238. The minimum atomic E-state index is 0.959. The minimum Gasteiger partial charge on any atom is -0.460 e. The summed E-state index contributed by atoms with van der Waals surface area (Å²) in [5.41, 5.74) is 5.80. The third-order valence-corrected chi connectivity index (χ3v) is 5.85. The number of halogens is 1. The second-order valence-electron chi connectivity index (χ2n) is 6.43. The van der Waals surface area contributed by atoms with Crippen LogP contribution in [0.5, 0.6) is 0 Å². The fourth-order valence-electron chi connectivity index (χ4n) is 3.41. The van der Waals surface area contributed by atoms with Crippen molar-refractivity contribution >= 4 is 56.7 Å². The van der Waals surface area contributed by atoms with E-state index in [4.69, 9.17) is 4.42 Å². The van der Waals surface area contributed by atoms with Crippen LogP contribution in [-0.2, 0) is 6.42 Å². The summed E-state index contributed by atoms with van der Waals surface area (Å²) in [7, 11) is 4.24. The summed E-state index contributed by atoms with van der Waals surface area (Å²) in [6.07, 6.45) is 6.49. The summed E-state index contributed by atoms with van der Waals surface area (Å²) >= 11 is 2.38. The van der Waals surface area contributed by atoms with Crippen molar-refractivity contribution in [1.29, 1.82) is 0 Å². The number of alkyl halides is 1. The van der Waals surface area contributed by atoms with Crippen LogP contribution in [0.15, 0.2) is 53.0 Å². The molecule has 1 aliphatic carbocycles. The van der Waals surface area contributed by atoms with E-state index < -0.39 is 0 Å². The van der Waals surface area contributed by atoms with Gasteiger partial charge in [-0.25, -0.2) is 0 Å². The topological polar surface area (TPSA) is 19.6 Å². The van der Waals surface area contributed by atoms with Crippen LogP contribution in [0, 0.1) is 0 Å². The van der Waals surface area contributed by atoms with Gasteiger partial charge in [0, 0.05) is 37.5 Å². The number of allylic oxidation sites excluding steroid dienone is 1. The van der Waals surface area contributed by atoms with Crippen LogP contribution in [0.4, 0.5) is 17.1 Å². The van der Waals surface area contributed by atoms with E-state index in [0.29, 0.717) is 0 Å². The van der Waals surface area contributed by atoms with Gasteiger partial charge in [-0.1, -0.05) is 46.9 Å². The number of fused-ring (bicyclic) bond motifs is 3. The van der Waals surface area contributed by atoms with Crippen molar-refractivity contribution in [3.8, 4) is 0 Å². The third kappa shape index (κ3) is 2.92. The van der Waals surface area contributed by atoms with Gasteiger partial charge in [0.05, 0.1) is 15.6 Å². The zero-order chi connectivity index (χ0) is 17.4. The maximum atomic E-state index is 6.11. The smallest absolute Gasteiger partial charge is 0.137 e. The number of benzene rings is 2. The van der Waals surface area contributed by atoms with Crippen molar-refractivity contribution < 1.29 is 4.42 Å². The first-order chi connectivity index (χ1) is 12.2.